The molecule has 0 spiro atoms. The number of rotatable bonds is 4. The first-order valence-electron chi connectivity index (χ1n) is 6.59. The Bertz CT molecular complexity index is 523. The fourth-order valence-electron chi connectivity index (χ4n) is 1.73. The van der Waals surface area contributed by atoms with E-state index in [0.29, 0.717) is 6.42 Å². The van der Waals surface area contributed by atoms with Crippen LogP contribution in [0.5, 0.6) is 0 Å². The van der Waals surface area contributed by atoms with Gasteiger partial charge in [-0.1, -0.05) is 50.1 Å². The number of anilines is 1. The largest absolute Gasteiger partial charge is 0.481 e. The molecule has 102 valence electrons. The summed E-state index contributed by atoms with van der Waals surface area (Å²) in [6, 6.07) is 14.1. The lowest BCUT2D eigenvalue weighted by molar-refractivity contribution is -0.137. The van der Waals surface area contributed by atoms with Gasteiger partial charge in [-0.05, 0) is 29.3 Å². The van der Waals surface area contributed by atoms with Crippen molar-refractivity contribution in [1.82, 2.24) is 0 Å². The van der Waals surface area contributed by atoms with Crippen LogP contribution in [0, 0.1) is 0 Å². The molecule has 0 aliphatic carbocycles. The maximum atomic E-state index is 9.87. The average molecular weight is 259 g/mol. The normalized spacial score (nSPS) is 9.74. The summed E-state index contributed by atoms with van der Waals surface area (Å²) in [5.74, 6) is -0.682. The number of aliphatic carboxylic acids is 1. The summed E-state index contributed by atoms with van der Waals surface area (Å²) in [6.07, 6.45) is 3.28. The Morgan fingerprint density at radius 1 is 1.11 bits per heavy atom. The summed E-state index contributed by atoms with van der Waals surface area (Å²) >= 11 is 0. The van der Waals surface area contributed by atoms with Crippen LogP contribution in [0.15, 0.2) is 42.5 Å². The number of nitrogens with two attached hydrogens (primary N) is 1. The molecule has 2 aromatic carbocycles. The van der Waals surface area contributed by atoms with Gasteiger partial charge >= 0.3 is 5.97 Å². The molecule has 0 aliphatic heterocycles. The summed E-state index contributed by atoms with van der Waals surface area (Å²) in [5, 5.41) is 10.6. The Hall–Kier alpha value is -2.03. The highest BCUT2D eigenvalue weighted by molar-refractivity contribution is 5.85. The fourth-order valence-corrected chi connectivity index (χ4v) is 1.73. The zero-order valence-corrected chi connectivity index (χ0v) is 11.3. The first-order valence-corrected chi connectivity index (χ1v) is 6.59. The van der Waals surface area contributed by atoms with Crippen LogP contribution < -0.4 is 5.73 Å². The molecule has 0 atom stereocenters. The van der Waals surface area contributed by atoms with Gasteiger partial charge in [0.25, 0.3) is 0 Å². The molecule has 0 bridgehead atoms. The van der Waals surface area contributed by atoms with E-state index in [9.17, 15) is 4.79 Å². The van der Waals surface area contributed by atoms with Crippen molar-refractivity contribution in [3.8, 4) is 0 Å². The molecule has 0 amide bonds. The van der Waals surface area contributed by atoms with Gasteiger partial charge in [0.05, 0.1) is 0 Å². The third-order valence-corrected chi connectivity index (χ3v) is 2.77. The van der Waals surface area contributed by atoms with Crippen LogP contribution >= 0.6 is 0 Å². The van der Waals surface area contributed by atoms with Gasteiger partial charge in [-0.25, -0.2) is 0 Å². The molecule has 3 nitrogen and oxygen atoms in total. The van der Waals surface area contributed by atoms with Crippen molar-refractivity contribution in [1.29, 1.82) is 0 Å². The third-order valence-electron chi connectivity index (χ3n) is 2.77. The van der Waals surface area contributed by atoms with Crippen LogP contribution in [0.1, 0.15) is 32.6 Å². The van der Waals surface area contributed by atoms with E-state index < -0.39 is 5.97 Å². The van der Waals surface area contributed by atoms with Crippen molar-refractivity contribution in [3.63, 3.8) is 0 Å². The lowest BCUT2D eigenvalue weighted by Gasteiger charge is -1.96. The zero-order chi connectivity index (χ0) is 14.1. The van der Waals surface area contributed by atoms with Crippen molar-refractivity contribution < 1.29 is 9.90 Å². The monoisotopic (exact) mass is 259 g/mol. The second-order valence-corrected chi connectivity index (χ2v) is 4.46. The van der Waals surface area contributed by atoms with Crippen LogP contribution in [0.2, 0.25) is 0 Å². The summed E-state index contributed by atoms with van der Waals surface area (Å²) in [7, 11) is 0. The zero-order valence-electron chi connectivity index (χ0n) is 11.3. The highest BCUT2D eigenvalue weighted by Crippen LogP contribution is 2.15. The summed E-state index contributed by atoms with van der Waals surface area (Å²) in [6.45, 7) is 2.06. The molecule has 0 saturated heterocycles. The molecule has 0 heterocycles. The maximum Gasteiger partial charge on any atom is 0.303 e. The third kappa shape index (κ3) is 5.91. The molecule has 3 N–H and O–H groups in total. The molecule has 0 aliphatic rings. The summed E-state index contributed by atoms with van der Waals surface area (Å²) in [4.78, 5) is 9.87. The second-order valence-electron chi connectivity index (χ2n) is 4.46. The van der Waals surface area contributed by atoms with E-state index in [2.05, 4.69) is 19.1 Å². The standard InChI is InChI=1S/C10H9N.C6H12O2/c11-10-6-5-8-3-1-2-4-9(8)7-10;1-2-3-4-5-6(7)8/h1-7H,11H2;2-5H2,1H3,(H,7,8). The fraction of sp³-hybridized carbons (Fsp3) is 0.312. The summed E-state index contributed by atoms with van der Waals surface area (Å²) in [5.41, 5.74) is 6.45. The van der Waals surface area contributed by atoms with Crippen molar-refractivity contribution >= 4 is 22.4 Å². The van der Waals surface area contributed by atoms with Crippen LogP contribution in [-0.2, 0) is 4.79 Å². The van der Waals surface area contributed by atoms with Gasteiger partial charge in [-0.15, -0.1) is 0 Å². The quantitative estimate of drug-likeness (QED) is 0.642. The smallest absolute Gasteiger partial charge is 0.303 e. The van der Waals surface area contributed by atoms with E-state index >= 15 is 0 Å². The lowest BCUT2D eigenvalue weighted by Crippen LogP contribution is -1.92. The average Bonchev–Trinajstić information content (AvgIpc) is 2.39. The van der Waals surface area contributed by atoms with Crippen LogP contribution in [-0.4, -0.2) is 11.1 Å². The number of carboxylic acid groups (broad SMARTS) is 1. The molecular formula is C16H21NO2. The van der Waals surface area contributed by atoms with Crippen molar-refractivity contribution in [2.45, 2.75) is 32.6 Å². The minimum atomic E-state index is -0.682. The number of unbranched alkanes of at least 4 members (excludes halogenated alkanes) is 2. The molecule has 19 heavy (non-hydrogen) atoms. The van der Waals surface area contributed by atoms with Crippen LogP contribution in [0.4, 0.5) is 5.69 Å². The van der Waals surface area contributed by atoms with Crippen LogP contribution in [0.25, 0.3) is 10.8 Å². The number of carbonyl (C=O) groups is 1. The number of carboxylic acids is 1. The van der Waals surface area contributed by atoms with E-state index in [4.69, 9.17) is 10.8 Å². The van der Waals surface area contributed by atoms with E-state index in [1.165, 1.54) is 10.8 Å². The van der Waals surface area contributed by atoms with Gasteiger partial charge in [0.2, 0.25) is 0 Å². The number of hydrogen-bond donors (Lipinski definition) is 2. The molecule has 0 aromatic heterocycles. The molecule has 0 unspecified atom stereocenters. The van der Waals surface area contributed by atoms with Gasteiger partial charge in [0.1, 0.15) is 0 Å². The first-order chi connectivity index (χ1) is 9.13. The van der Waals surface area contributed by atoms with Crippen molar-refractivity contribution in [2.24, 2.45) is 0 Å². The number of benzene rings is 2. The molecule has 2 rings (SSSR count). The van der Waals surface area contributed by atoms with E-state index in [-0.39, 0.29) is 0 Å². The van der Waals surface area contributed by atoms with Gasteiger partial charge < -0.3 is 10.8 Å². The molecule has 2 aromatic rings. The molecule has 0 saturated carbocycles. The van der Waals surface area contributed by atoms with E-state index in [1.807, 2.05) is 30.3 Å². The Morgan fingerprint density at radius 2 is 1.79 bits per heavy atom. The Balaban J connectivity index is 0.000000203. The minimum absolute atomic E-state index is 0.327. The predicted octanol–water partition coefficient (Wildman–Crippen LogP) is 4.07. The molecule has 0 fully saturated rings. The van der Waals surface area contributed by atoms with Crippen molar-refractivity contribution in [3.05, 3.63) is 42.5 Å². The minimum Gasteiger partial charge on any atom is -0.481 e. The molecular weight excluding hydrogens is 238 g/mol. The Morgan fingerprint density at radius 3 is 2.42 bits per heavy atom. The van der Waals surface area contributed by atoms with Gasteiger partial charge in [-0.2, -0.15) is 0 Å². The topological polar surface area (TPSA) is 63.3 Å². The highest BCUT2D eigenvalue weighted by Gasteiger charge is 1.92. The van der Waals surface area contributed by atoms with Gasteiger partial charge in [-0.3, -0.25) is 4.79 Å². The maximum absolute atomic E-state index is 9.87. The van der Waals surface area contributed by atoms with Crippen LogP contribution in [0.3, 0.4) is 0 Å². The molecule has 0 radical (unpaired) electrons. The SMILES string of the molecule is CCCCCC(=O)O.Nc1ccc2ccccc2c1. The van der Waals surface area contributed by atoms with Crippen molar-refractivity contribution in [2.75, 3.05) is 5.73 Å². The van der Waals surface area contributed by atoms with E-state index in [1.54, 1.807) is 0 Å². The number of nitrogen functional groups attached to an aromatic ring is 1. The number of hydrogen-bond acceptors (Lipinski definition) is 2. The molecule has 3 heteroatoms. The predicted molar refractivity (Wildman–Crippen MR) is 80.1 cm³/mol. The Kier molecular flexibility index (Phi) is 6.44. The lowest BCUT2D eigenvalue weighted by atomic mass is 10.1. The highest BCUT2D eigenvalue weighted by atomic mass is 16.4. The number of fused-ring (bicyclic) bond motifs is 1. The van der Waals surface area contributed by atoms with Gasteiger partial charge in [0, 0.05) is 12.1 Å². The van der Waals surface area contributed by atoms with E-state index in [0.717, 1.165) is 24.9 Å². The summed E-state index contributed by atoms with van der Waals surface area (Å²) < 4.78 is 0. The Labute approximate surface area is 114 Å². The second kappa shape index (κ2) is 8.14. The van der Waals surface area contributed by atoms with Gasteiger partial charge in [0.15, 0.2) is 0 Å². The first kappa shape index (κ1) is 15.0.